The summed E-state index contributed by atoms with van der Waals surface area (Å²) in [4.78, 5) is 16.2. The highest BCUT2D eigenvalue weighted by atomic mass is 16.5. The van der Waals surface area contributed by atoms with E-state index < -0.39 is 0 Å². The molecule has 0 radical (unpaired) electrons. The zero-order chi connectivity index (χ0) is 18.5. The van der Waals surface area contributed by atoms with Gasteiger partial charge in [-0.25, -0.2) is 0 Å². The molecule has 2 heterocycles. The van der Waals surface area contributed by atoms with Crippen LogP contribution in [-0.4, -0.2) is 58.3 Å². The number of benzene rings is 1. The standard InChI is InChI=1S/C20H30N2O4/c1-24-17-9-8-15(18(25-2)19(17)26-3)13-21-10-6-7-16(14-21)20(23)22-11-4-5-12-22/h8-9,16H,4-7,10-14H2,1-3H3/p+1. The van der Waals surface area contributed by atoms with Gasteiger partial charge in [-0.1, -0.05) is 0 Å². The fraction of sp³-hybridized carbons (Fsp3) is 0.650. The number of hydrogen-bond acceptors (Lipinski definition) is 4. The number of nitrogens with zero attached hydrogens (tertiary/aromatic N) is 1. The number of piperidine rings is 1. The molecular weight excluding hydrogens is 332 g/mol. The van der Waals surface area contributed by atoms with Crippen molar-refractivity contribution in [2.45, 2.75) is 32.2 Å². The number of amides is 1. The predicted molar refractivity (Wildman–Crippen MR) is 99.0 cm³/mol. The maximum atomic E-state index is 12.8. The lowest BCUT2D eigenvalue weighted by Gasteiger charge is -2.31. The number of rotatable bonds is 6. The van der Waals surface area contributed by atoms with Crippen molar-refractivity contribution in [1.82, 2.24) is 4.90 Å². The van der Waals surface area contributed by atoms with Crippen molar-refractivity contribution in [2.24, 2.45) is 5.92 Å². The van der Waals surface area contributed by atoms with Crippen LogP contribution in [0.3, 0.4) is 0 Å². The molecule has 6 nitrogen and oxygen atoms in total. The van der Waals surface area contributed by atoms with Crippen LogP contribution in [0.1, 0.15) is 31.2 Å². The summed E-state index contributed by atoms with van der Waals surface area (Å²) in [5, 5.41) is 0. The highest BCUT2D eigenvalue weighted by molar-refractivity contribution is 5.79. The molecule has 0 bridgehead atoms. The first-order chi connectivity index (χ1) is 12.7. The molecule has 2 atom stereocenters. The lowest BCUT2D eigenvalue weighted by molar-refractivity contribution is -0.921. The Morgan fingerprint density at radius 3 is 2.46 bits per heavy atom. The maximum Gasteiger partial charge on any atom is 0.231 e. The molecule has 2 saturated heterocycles. The van der Waals surface area contributed by atoms with Gasteiger partial charge in [-0.2, -0.15) is 0 Å². The van der Waals surface area contributed by atoms with Crippen LogP contribution < -0.4 is 19.1 Å². The fourth-order valence-corrected chi connectivity index (χ4v) is 4.29. The van der Waals surface area contributed by atoms with E-state index in [9.17, 15) is 4.79 Å². The summed E-state index contributed by atoms with van der Waals surface area (Å²) in [6.45, 7) is 4.68. The van der Waals surface area contributed by atoms with Crippen LogP contribution in [0, 0.1) is 5.92 Å². The van der Waals surface area contributed by atoms with E-state index in [1.54, 1.807) is 21.3 Å². The minimum Gasteiger partial charge on any atom is -0.493 e. The zero-order valence-corrected chi connectivity index (χ0v) is 16.2. The molecule has 2 aliphatic heterocycles. The number of carbonyl (C=O) groups is 1. The molecular formula is C20H31N2O4+. The minimum atomic E-state index is 0.156. The fourth-order valence-electron chi connectivity index (χ4n) is 4.29. The Labute approximate surface area is 156 Å². The first kappa shape index (κ1) is 18.8. The third-order valence-electron chi connectivity index (χ3n) is 5.61. The van der Waals surface area contributed by atoms with Crippen molar-refractivity contribution in [1.29, 1.82) is 0 Å². The van der Waals surface area contributed by atoms with E-state index in [4.69, 9.17) is 14.2 Å². The van der Waals surface area contributed by atoms with Gasteiger partial charge < -0.3 is 24.0 Å². The van der Waals surface area contributed by atoms with E-state index in [2.05, 4.69) is 4.90 Å². The van der Waals surface area contributed by atoms with Crippen LogP contribution in [0.2, 0.25) is 0 Å². The monoisotopic (exact) mass is 363 g/mol. The summed E-state index contributed by atoms with van der Waals surface area (Å²) >= 11 is 0. The van der Waals surface area contributed by atoms with Crippen molar-refractivity contribution in [2.75, 3.05) is 47.5 Å². The van der Waals surface area contributed by atoms with E-state index in [1.165, 1.54) is 4.90 Å². The zero-order valence-electron chi connectivity index (χ0n) is 16.2. The van der Waals surface area contributed by atoms with Crippen LogP contribution in [0.15, 0.2) is 12.1 Å². The highest BCUT2D eigenvalue weighted by Crippen LogP contribution is 2.39. The third-order valence-corrected chi connectivity index (χ3v) is 5.61. The van der Waals surface area contributed by atoms with E-state index in [0.717, 1.165) is 69.7 Å². The number of quaternary nitrogens is 1. The summed E-state index contributed by atoms with van der Waals surface area (Å²) in [6.07, 6.45) is 4.41. The first-order valence-corrected chi connectivity index (χ1v) is 9.58. The Hall–Kier alpha value is -1.95. The third kappa shape index (κ3) is 3.90. The second-order valence-electron chi connectivity index (χ2n) is 7.25. The van der Waals surface area contributed by atoms with Crippen LogP contribution in [-0.2, 0) is 11.3 Å². The van der Waals surface area contributed by atoms with Crippen molar-refractivity contribution in [3.8, 4) is 17.2 Å². The summed E-state index contributed by atoms with van der Waals surface area (Å²) < 4.78 is 16.5. The Morgan fingerprint density at radius 1 is 1.08 bits per heavy atom. The van der Waals surface area contributed by atoms with Gasteiger partial charge in [0.05, 0.1) is 45.9 Å². The quantitative estimate of drug-likeness (QED) is 0.823. The number of ether oxygens (including phenoxy) is 3. The number of hydrogen-bond donors (Lipinski definition) is 1. The van der Waals surface area contributed by atoms with Crippen LogP contribution in [0.25, 0.3) is 0 Å². The van der Waals surface area contributed by atoms with Crippen molar-refractivity contribution >= 4 is 5.91 Å². The van der Waals surface area contributed by atoms with E-state index >= 15 is 0 Å². The number of likely N-dealkylation sites (tertiary alicyclic amines) is 2. The van der Waals surface area contributed by atoms with Gasteiger partial charge in [-0.3, -0.25) is 4.79 Å². The Morgan fingerprint density at radius 2 is 1.81 bits per heavy atom. The SMILES string of the molecule is COc1ccc(C[NH+]2CCCC(C(=O)N3CCCC3)C2)c(OC)c1OC. The molecule has 0 spiro atoms. The number of nitrogens with one attached hydrogen (secondary N) is 1. The number of carbonyl (C=O) groups excluding carboxylic acids is 1. The van der Waals surface area contributed by atoms with Gasteiger partial charge >= 0.3 is 0 Å². The molecule has 2 unspecified atom stereocenters. The van der Waals surface area contributed by atoms with Gasteiger partial charge in [0, 0.05) is 13.1 Å². The highest BCUT2D eigenvalue weighted by Gasteiger charge is 2.33. The molecule has 1 amide bonds. The molecule has 0 aliphatic carbocycles. The lowest BCUT2D eigenvalue weighted by Crippen LogP contribution is -3.12. The normalized spacial score (nSPS) is 23.0. The molecule has 2 fully saturated rings. The summed E-state index contributed by atoms with van der Waals surface area (Å²) in [7, 11) is 4.91. The van der Waals surface area contributed by atoms with Gasteiger partial charge in [0.25, 0.3) is 0 Å². The predicted octanol–water partition coefficient (Wildman–Crippen LogP) is 1.13. The molecule has 1 aromatic rings. The van der Waals surface area contributed by atoms with E-state index in [0.29, 0.717) is 17.4 Å². The van der Waals surface area contributed by atoms with Crippen LogP contribution >= 0.6 is 0 Å². The molecule has 0 saturated carbocycles. The molecule has 1 N–H and O–H groups in total. The summed E-state index contributed by atoms with van der Waals surface area (Å²) in [5.74, 6) is 2.55. The maximum absolute atomic E-state index is 12.8. The van der Waals surface area contributed by atoms with Gasteiger partial charge in [-0.15, -0.1) is 0 Å². The Bertz CT molecular complexity index is 628. The molecule has 3 rings (SSSR count). The molecule has 1 aromatic carbocycles. The topological polar surface area (TPSA) is 52.4 Å². The number of methoxy groups -OCH3 is 3. The van der Waals surface area contributed by atoms with Gasteiger partial charge in [-0.05, 0) is 37.8 Å². The van der Waals surface area contributed by atoms with Crippen LogP contribution in [0.5, 0.6) is 17.2 Å². The van der Waals surface area contributed by atoms with Crippen molar-refractivity contribution < 1.29 is 23.9 Å². The van der Waals surface area contributed by atoms with E-state index in [1.807, 2.05) is 12.1 Å². The largest absolute Gasteiger partial charge is 0.493 e. The Kier molecular flexibility index (Phi) is 6.25. The summed E-state index contributed by atoms with van der Waals surface area (Å²) in [6, 6.07) is 3.96. The molecule has 6 heteroatoms. The molecule has 0 aromatic heterocycles. The smallest absolute Gasteiger partial charge is 0.231 e. The van der Waals surface area contributed by atoms with Crippen molar-refractivity contribution in [3.63, 3.8) is 0 Å². The van der Waals surface area contributed by atoms with Crippen molar-refractivity contribution in [3.05, 3.63) is 17.7 Å². The Balaban J connectivity index is 1.71. The lowest BCUT2D eigenvalue weighted by atomic mass is 9.96. The van der Waals surface area contributed by atoms with E-state index in [-0.39, 0.29) is 5.92 Å². The summed E-state index contributed by atoms with van der Waals surface area (Å²) in [5.41, 5.74) is 1.09. The molecule has 2 aliphatic rings. The average Bonchev–Trinajstić information content (AvgIpc) is 3.21. The molecule has 144 valence electrons. The van der Waals surface area contributed by atoms with Crippen LogP contribution in [0.4, 0.5) is 0 Å². The second-order valence-corrected chi connectivity index (χ2v) is 7.25. The average molecular weight is 363 g/mol. The minimum absolute atomic E-state index is 0.156. The van der Waals surface area contributed by atoms with Gasteiger partial charge in [0.1, 0.15) is 6.54 Å². The molecule has 26 heavy (non-hydrogen) atoms. The first-order valence-electron chi connectivity index (χ1n) is 9.58. The second kappa shape index (κ2) is 8.62. The van der Waals surface area contributed by atoms with Gasteiger partial charge in [0.2, 0.25) is 11.7 Å². The van der Waals surface area contributed by atoms with Gasteiger partial charge in [0.15, 0.2) is 11.5 Å².